The summed E-state index contributed by atoms with van der Waals surface area (Å²) in [6.07, 6.45) is 0.627. The van der Waals surface area contributed by atoms with E-state index in [1.807, 2.05) is 18.2 Å². The highest BCUT2D eigenvalue weighted by atomic mass is 19.1. The van der Waals surface area contributed by atoms with E-state index < -0.39 is 0 Å². The predicted octanol–water partition coefficient (Wildman–Crippen LogP) is 2.13. The standard InChI is InChI=1S/C22H26FN5O2/c1-30-20-9-5-4-8-19(20)27-14-12-26(13-15-27)11-10-21-24-25-22(29)28(21)16-17-6-2-3-7-18(17)23/h2-9H,10-16H2,1H3,(H,25,29). The summed E-state index contributed by atoms with van der Waals surface area (Å²) in [7, 11) is 1.69. The number of rotatable bonds is 7. The number of benzene rings is 2. The second kappa shape index (κ2) is 9.13. The van der Waals surface area contributed by atoms with Crippen LogP contribution in [-0.2, 0) is 13.0 Å². The van der Waals surface area contributed by atoms with Gasteiger partial charge >= 0.3 is 5.69 Å². The molecule has 0 bridgehead atoms. The Bertz CT molecular complexity index is 1040. The average molecular weight is 411 g/mol. The fraction of sp³-hybridized carbons (Fsp3) is 0.364. The lowest BCUT2D eigenvalue weighted by atomic mass is 10.2. The molecule has 1 aliphatic rings. The number of hydrogen-bond donors (Lipinski definition) is 1. The molecular formula is C22H26FN5O2. The van der Waals surface area contributed by atoms with Crippen LogP contribution in [-0.4, -0.2) is 59.5 Å². The summed E-state index contributed by atoms with van der Waals surface area (Å²) in [5, 5.41) is 6.66. The van der Waals surface area contributed by atoms with Crippen LogP contribution >= 0.6 is 0 Å². The van der Waals surface area contributed by atoms with Crippen LogP contribution in [0.25, 0.3) is 0 Å². The molecule has 8 heteroatoms. The highest BCUT2D eigenvalue weighted by molar-refractivity contribution is 5.58. The molecule has 0 unspecified atom stereocenters. The van der Waals surface area contributed by atoms with E-state index in [0.717, 1.165) is 44.2 Å². The van der Waals surface area contributed by atoms with Crippen molar-refractivity contribution in [3.63, 3.8) is 0 Å². The Morgan fingerprint density at radius 3 is 2.57 bits per heavy atom. The van der Waals surface area contributed by atoms with Crippen LogP contribution in [0.5, 0.6) is 5.75 Å². The summed E-state index contributed by atoms with van der Waals surface area (Å²) >= 11 is 0. The Labute approximate surface area is 174 Å². The molecule has 1 aromatic heterocycles. The molecule has 30 heavy (non-hydrogen) atoms. The van der Waals surface area contributed by atoms with Crippen molar-refractivity contribution in [3.8, 4) is 5.75 Å². The van der Waals surface area contributed by atoms with Crippen molar-refractivity contribution in [3.05, 3.63) is 76.2 Å². The first kappa shape index (κ1) is 20.2. The van der Waals surface area contributed by atoms with Gasteiger partial charge in [-0.15, -0.1) is 0 Å². The largest absolute Gasteiger partial charge is 0.495 e. The van der Waals surface area contributed by atoms with E-state index in [1.54, 1.807) is 25.3 Å². The summed E-state index contributed by atoms with van der Waals surface area (Å²) in [4.78, 5) is 16.8. The maximum atomic E-state index is 14.0. The third-order valence-electron chi connectivity index (χ3n) is 5.57. The van der Waals surface area contributed by atoms with Crippen LogP contribution in [0.4, 0.5) is 10.1 Å². The molecule has 0 spiro atoms. The number of hydrogen-bond acceptors (Lipinski definition) is 5. The molecule has 1 aliphatic heterocycles. The summed E-state index contributed by atoms with van der Waals surface area (Å²) < 4.78 is 21.0. The first-order valence-electron chi connectivity index (χ1n) is 10.1. The number of anilines is 1. The molecule has 2 heterocycles. The molecular weight excluding hydrogens is 385 g/mol. The number of nitrogens with one attached hydrogen (secondary N) is 1. The van der Waals surface area contributed by atoms with Crippen LogP contribution in [0, 0.1) is 5.82 Å². The van der Waals surface area contributed by atoms with Crippen LogP contribution in [0.1, 0.15) is 11.4 Å². The Hall–Kier alpha value is -3.13. The van der Waals surface area contributed by atoms with Gasteiger partial charge in [-0.1, -0.05) is 30.3 Å². The zero-order chi connectivity index (χ0) is 20.9. The van der Waals surface area contributed by atoms with Gasteiger partial charge in [0.05, 0.1) is 19.3 Å². The van der Waals surface area contributed by atoms with E-state index in [4.69, 9.17) is 4.74 Å². The van der Waals surface area contributed by atoms with Crippen molar-refractivity contribution in [2.75, 3.05) is 44.7 Å². The first-order valence-corrected chi connectivity index (χ1v) is 10.1. The Kier molecular flexibility index (Phi) is 6.13. The van der Waals surface area contributed by atoms with Crippen LogP contribution in [0.3, 0.4) is 0 Å². The SMILES string of the molecule is COc1ccccc1N1CCN(CCc2n[nH]c(=O)n2Cc2ccccc2F)CC1. The van der Waals surface area contributed by atoms with Crippen LogP contribution in [0.2, 0.25) is 0 Å². The lowest BCUT2D eigenvalue weighted by Crippen LogP contribution is -2.47. The lowest BCUT2D eigenvalue weighted by Gasteiger charge is -2.36. The highest BCUT2D eigenvalue weighted by Gasteiger charge is 2.20. The highest BCUT2D eigenvalue weighted by Crippen LogP contribution is 2.28. The summed E-state index contributed by atoms with van der Waals surface area (Å²) in [6.45, 7) is 4.62. The lowest BCUT2D eigenvalue weighted by molar-refractivity contribution is 0.257. The fourth-order valence-corrected chi connectivity index (χ4v) is 3.86. The topological polar surface area (TPSA) is 66.4 Å². The predicted molar refractivity (Wildman–Crippen MR) is 114 cm³/mol. The second-order valence-electron chi connectivity index (χ2n) is 7.37. The van der Waals surface area contributed by atoms with Gasteiger partial charge in [-0.3, -0.25) is 9.47 Å². The van der Waals surface area contributed by atoms with Gasteiger partial charge in [0.2, 0.25) is 0 Å². The van der Waals surface area contributed by atoms with Crippen molar-refractivity contribution in [2.45, 2.75) is 13.0 Å². The van der Waals surface area contributed by atoms with Crippen LogP contribution < -0.4 is 15.3 Å². The molecule has 0 saturated carbocycles. The van der Waals surface area contributed by atoms with Gasteiger partial charge < -0.3 is 9.64 Å². The second-order valence-corrected chi connectivity index (χ2v) is 7.37. The molecule has 1 fully saturated rings. The number of aromatic amines is 1. The Morgan fingerprint density at radius 2 is 1.80 bits per heavy atom. The minimum absolute atomic E-state index is 0.179. The number of piperazine rings is 1. The van der Waals surface area contributed by atoms with Gasteiger partial charge in [0.15, 0.2) is 0 Å². The molecule has 0 atom stereocenters. The van der Waals surface area contributed by atoms with E-state index in [1.165, 1.54) is 10.6 Å². The van der Waals surface area contributed by atoms with E-state index in [0.29, 0.717) is 17.8 Å². The minimum Gasteiger partial charge on any atom is -0.495 e. The van der Waals surface area contributed by atoms with Gasteiger partial charge in [-0.2, -0.15) is 5.10 Å². The molecule has 4 rings (SSSR count). The summed E-state index contributed by atoms with van der Waals surface area (Å²) in [5.74, 6) is 1.22. The molecule has 7 nitrogen and oxygen atoms in total. The molecule has 0 amide bonds. The van der Waals surface area contributed by atoms with E-state index in [9.17, 15) is 9.18 Å². The average Bonchev–Trinajstić information content (AvgIpc) is 3.13. The molecule has 0 radical (unpaired) electrons. The van der Waals surface area contributed by atoms with Gasteiger partial charge in [0, 0.05) is 44.7 Å². The number of methoxy groups -OCH3 is 1. The zero-order valence-electron chi connectivity index (χ0n) is 17.1. The quantitative estimate of drug-likeness (QED) is 0.645. The number of aromatic nitrogens is 3. The van der Waals surface area contributed by atoms with Gasteiger partial charge in [-0.25, -0.2) is 14.3 Å². The van der Waals surface area contributed by atoms with Gasteiger partial charge in [-0.05, 0) is 18.2 Å². The number of H-pyrrole nitrogens is 1. The Balaban J connectivity index is 1.35. The van der Waals surface area contributed by atoms with Gasteiger partial charge in [0.25, 0.3) is 0 Å². The van der Waals surface area contributed by atoms with Crippen molar-refractivity contribution in [1.29, 1.82) is 0 Å². The molecule has 1 N–H and O–H groups in total. The van der Waals surface area contributed by atoms with E-state index in [2.05, 4.69) is 26.1 Å². The normalized spacial score (nSPS) is 14.8. The number of nitrogens with zero attached hydrogens (tertiary/aromatic N) is 4. The molecule has 0 aliphatic carbocycles. The fourth-order valence-electron chi connectivity index (χ4n) is 3.86. The smallest absolute Gasteiger partial charge is 0.343 e. The van der Waals surface area contributed by atoms with Gasteiger partial charge in [0.1, 0.15) is 17.4 Å². The van der Waals surface area contributed by atoms with Crippen LogP contribution in [0.15, 0.2) is 53.3 Å². The number of para-hydroxylation sites is 2. The Morgan fingerprint density at radius 1 is 1.07 bits per heavy atom. The number of halogens is 1. The summed E-state index contributed by atoms with van der Waals surface area (Å²) in [6, 6.07) is 14.6. The monoisotopic (exact) mass is 411 g/mol. The first-order chi connectivity index (χ1) is 14.7. The number of ether oxygens (including phenoxy) is 1. The molecule has 3 aromatic rings. The molecule has 1 saturated heterocycles. The van der Waals surface area contributed by atoms with Crippen molar-refractivity contribution in [1.82, 2.24) is 19.7 Å². The molecule has 2 aromatic carbocycles. The third kappa shape index (κ3) is 4.38. The minimum atomic E-state index is -0.316. The van der Waals surface area contributed by atoms with E-state index in [-0.39, 0.29) is 18.1 Å². The third-order valence-corrected chi connectivity index (χ3v) is 5.57. The van der Waals surface area contributed by atoms with Crippen molar-refractivity contribution >= 4 is 5.69 Å². The zero-order valence-corrected chi connectivity index (χ0v) is 17.1. The molecule has 158 valence electrons. The van der Waals surface area contributed by atoms with Crippen molar-refractivity contribution in [2.24, 2.45) is 0 Å². The van der Waals surface area contributed by atoms with E-state index >= 15 is 0 Å². The summed E-state index contributed by atoms with van der Waals surface area (Å²) in [5.41, 5.74) is 1.28. The maximum absolute atomic E-state index is 14.0. The van der Waals surface area contributed by atoms with Crippen molar-refractivity contribution < 1.29 is 9.13 Å². The maximum Gasteiger partial charge on any atom is 0.343 e.